The molecular formula is C13H19NO3. The molecule has 0 aliphatic heterocycles. The summed E-state index contributed by atoms with van der Waals surface area (Å²) in [5, 5.41) is 11.4. The monoisotopic (exact) mass is 237 g/mol. The van der Waals surface area contributed by atoms with E-state index in [1.807, 2.05) is 30.3 Å². The van der Waals surface area contributed by atoms with Gasteiger partial charge in [0.1, 0.15) is 5.75 Å². The molecule has 94 valence electrons. The number of rotatable bonds is 7. The van der Waals surface area contributed by atoms with Crippen LogP contribution in [0.3, 0.4) is 0 Å². The lowest BCUT2D eigenvalue weighted by molar-refractivity contribution is -0.122. The van der Waals surface area contributed by atoms with Gasteiger partial charge in [0.05, 0.1) is 13.2 Å². The van der Waals surface area contributed by atoms with E-state index in [2.05, 4.69) is 5.32 Å². The van der Waals surface area contributed by atoms with Crippen molar-refractivity contribution in [1.29, 1.82) is 0 Å². The minimum atomic E-state index is -0.183. The average Bonchev–Trinajstić information content (AvgIpc) is 2.36. The molecule has 4 heteroatoms. The van der Waals surface area contributed by atoms with Gasteiger partial charge in [0.15, 0.2) is 0 Å². The molecule has 0 bridgehead atoms. The lowest BCUT2D eigenvalue weighted by Gasteiger charge is -2.10. The lowest BCUT2D eigenvalue weighted by atomic mass is 10.2. The summed E-state index contributed by atoms with van der Waals surface area (Å²) in [6.07, 6.45) is 1.08. The summed E-state index contributed by atoms with van der Waals surface area (Å²) in [6, 6.07) is 9.33. The molecule has 0 aliphatic carbocycles. The van der Waals surface area contributed by atoms with Gasteiger partial charge in [-0.15, -0.1) is 0 Å². The van der Waals surface area contributed by atoms with Gasteiger partial charge in [0.25, 0.3) is 0 Å². The number of carbonyl (C=O) groups excluding carboxylic acids is 1. The summed E-state index contributed by atoms with van der Waals surface area (Å²) in [5.74, 6) is 0.764. The van der Waals surface area contributed by atoms with Crippen LogP contribution in [0.4, 0.5) is 0 Å². The van der Waals surface area contributed by atoms with E-state index in [4.69, 9.17) is 9.84 Å². The van der Waals surface area contributed by atoms with Crippen molar-refractivity contribution < 1.29 is 14.6 Å². The number of nitrogens with one attached hydrogen (secondary N) is 1. The van der Waals surface area contributed by atoms with Crippen LogP contribution in [-0.4, -0.2) is 30.3 Å². The lowest BCUT2D eigenvalue weighted by Crippen LogP contribution is -2.34. The Kier molecular flexibility index (Phi) is 6.10. The highest BCUT2D eigenvalue weighted by Crippen LogP contribution is 2.08. The molecule has 1 aromatic carbocycles. The Hall–Kier alpha value is -1.55. The molecule has 0 saturated carbocycles. The first-order valence-electron chi connectivity index (χ1n) is 5.80. The first-order valence-corrected chi connectivity index (χ1v) is 5.80. The normalized spacial score (nSPS) is 11.9. The number of benzene rings is 1. The van der Waals surface area contributed by atoms with E-state index in [1.54, 1.807) is 6.92 Å². The summed E-state index contributed by atoms with van der Waals surface area (Å²) in [7, 11) is 0. The van der Waals surface area contributed by atoms with Crippen molar-refractivity contribution in [2.24, 2.45) is 0 Å². The van der Waals surface area contributed by atoms with E-state index in [-0.39, 0.29) is 18.6 Å². The van der Waals surface area contributed by atoms with Crippen molar-refractivity contribution >= 4 is 5.91 Å². The maximum atomic E-state index is 11.3. The zero-order chi connectivity index (χ0) is 12.5. The van der Waals surface area contributed by atoms with Gasteiger partial charge in [0, 0.05) is 12.5 Å². The predicted octanol–water partition coefficient (Wildman–Crippen LogP) is 1.34. The second kappa shape index (κ2) is 7.68. The van der Waals surface area contributed by atoms with Gasteiger partial charge < -0.3 is 15.2 Å². The molecule has 0 radical (unpaired) electrons. The van der Waals surface area contributed by atoms with E-state index in [0.717, 1.165) is 5.75 Å². The average molecular weight is 237 g/mol. The summed E-state index contributed by atoms with van der Waals surface area (Å²) in [4.78, 5) is 11.3. The summed E-state index contributed by atoms with van der Waals surface area (Å²) >= 11 is 0. The molecule has 0 fully saturated rings. The molecule has 2 N–H and O–H groups in total. The second-order valence-corrected chi connectivity index (χ2v) is 3.92. The van der Waals surface area contributed by atoms with Crippen LogP contribution in [0.2, 0.25) is 0 Å². The highest BCUT2D eigenvalue weighted by Gasteiger charge is 2.05. The van der Waals surface area contributed by atoms with Gasteiger partial charge in [-0.1, -0.05) is 18.2 Å². The van der Waals surface area contributed by atoms with Crippen molar-refractivity contribution in [2.45, 2.75) is 25.8 Å². The molecule has 0 saturated heterocycles. The second-order valence-electron chi connectivity index (χ2n) is 3.92. The van der Waals surface area contributed by atoms with Crippen LogP contribution in [0.15, 0.2) is 30.3 Å². The Balaban J connectivity index is 2.10. The third-order valence-electron chi connectivity index (χ3n) is 2.24. The number of aliphatic hydroxyl groups excluding tert-OH is 1. The number of ether oxygens (including phenoxy) is 1. The van der Waals surface area contributed by atoms with E-state index >= 15 is 0 Å². The minimum absolute atomic E-state index is 0.0355. The van der Waals surface area contributed by atoms with Crippen molar-refractivity contribution in [2.75, 3.05) is 13.2 Å². The molecule has 1 rings (SSSR count). The Bertz CT molecular complexity index is 327. The molecule has 0 unspecified atom stereocenters. The van der Waals surface area contributed by atoms with E-state index < -0.39 is 0 Å². The molecule has 1 aromatic rings. The SMILES string of the molecule is C[C@H](CO)NC(=O)CCCOc1ccccc1. The molecule has 1 atom stereocenters. The van der Waals surface area contributed by atoms with Gasteiger partial charge in [-0.05, 0) is 25.5 Å². The van der Waals surface area contributed by atoms with Crippen molar-refractivity contribution in [3.63, 3.8) is 0 Å². The molecule has 1 amide bonds. The highest BCUT2D eigenvalue weighted by atomic mass is 16.5. The van der Waals surface area contributed by atoms with Gasteiger partial charge in [-0.25, -0.2) is 0 Å². The fraction of sp³-hybridized carbons (Fsp3) is 0.462. The number of hydrogen-bond acceptors (Lipinski definition) is 3. The topological polar surface area (TPSA) is 58.6 Å². The molecule has 0 aromatic heterocycles. The van der Waals surface area contributed by atoms with Crippen LogP contribution in [0.1, 0.15) is 19.8 Å². The largest absolute Gasteiger partial charge is 0.494 e. The van der Waals surface area contributed by atoms with Crippen LogP contribution >= 0.6 is 0 Å². The first-order chi connectivity index (χ1) is 8.22. The molecule has 0 heterocycles. The van der Waals surface area contributed by atoms with Gasteiger partial charge >= 0.3 is 0 Å². The zero-order valence-electron chi connectivity index (χ0n) is 10.1. The van der Waals surface area contributed by atoms with Gasteiger partial charge in [0.2, 0.25) is 5.91 Å². The molecule has 0 spiro atoms. The van der Waals surface area contributed by atoms with Crippen LogP contribution in [-0.2, 0) is 4.79 Å². The Morgan fingerprint density at radius 3 is 2.76 bits per heavy atom. The van der Waals surface area contributed by atoms with E-state index in [1.165, 1.54) is 0 Å². The molecule has 17 heavy (non-hydrogen) atoms. The maximum absolute atomic E-state index is 11.3. The predicted molar refractivity (Wildman–Crippen MR) is 65.9 cm³/mol. The van der Waals surface area contributed by atoms with Crippen LogP contribution in [0, 0.1) is 0 Å². The summed E-state index contributed by atoms with van der Waals surface area (Å²) in [6.45, 7) is 2.25. The number of carbonyl (C=O) groups is 1. The highest BCUT2D eigenvalue weighted by molar-refractivity contribution is 5.76. The third-order valence-corrected chi connectivity index (χ3v) is 2.24. The number of para-hydroxylation sites is 1. The first kappa shape index (κ1) is 13.5. The fourth-order valence-corrected chi connectivity index (χ4v) is 1.33. The summed E-state index contributed by atoms with van der Waals surface area (Å²) in [5.41, 5.74) is 0. The minimum Gasteiger partial charge on any atom is -0.494 e. The maximum Gasteiger partial charge on any atom is 0.220 e. The van der Waals surface area contributed by atoms with Gasteiger partial charge in [-0.3, -0.25) is 4.79 Å². The van der Waals surface area contributed by atoms with Crippen molar-refractivity contribution in [3.05, 3.63) is 30.3 Å². The van der Waals surface area contributed by atoms with E-state index in [9.17, 15) is 4.79 Å². The molecule has 0 aliphatic rings. The van der Waals surface area contributed by atoms with Gasteiger partial charge in [-0.2, -0.15) is 0 Å². The van der Waals surface area contributed by atoms with E-state index in [0.29, 0.717) is 19.4 Å². The standard InChI is InChI=1S/C13H19NO3/c1-11(10-15)14-13(16)8-5-9-17-12-6-3-2-4-7-12/h2-4,6-7,11,15H,5,8-10H2,1H3,(H,14,16)/t11-/m1/s1. The van der Waals surface area contributed by atoms with Crippen molar-refractivity contribution in [1.82, 2.24) is 5.32 Å². The molecule has 4 nitrogen and oxygen atoms in total. The third kappa shape index (κ3) is 5.92. The van der Waals surface area contributed by atoms with Crippen LogP contribution < -0.4 is 10.1 Å². The molecular weight excluding hydrogens is 218 g/mol. The van der Waals surface area contributed by atoms with Crippen LogP contribution in [0.5, 0.6) is 5.75 Å². The van der Waals surface area contributed by atoms with Crippen molar-refractivity contribution in [3.8, 4) is 5.75 Å². The number of hydrogen-bond donors (Lipinski definition) is 2. The number of aliphatic hydroxyl groups is 1. The Morgan fingerprint density at radius 1 is 1.41 bits per heavy atom. The number of amides is 1. The zero-order valence-corrected chi connectivity index (χ0v) is 10.1. The Morgan fingerprint density at radius 2 is 2.12 bits per heavy atom. The fourth-order valence-electron chi connectivity index (χ4n) is 1.33. The Labute approximate surface area is 102 Å². The summed E-state index contributed by atoms with van der Waals surface area (Å²) < 4.78 is 5.46. The smallest absolute Gasteiger partial charge is 0.220 e. The van der Waals surface area contributed by atoms with Crippen LogP contribution in [0.25, 0.3) is 0 Å². The quantitative estimate of drug-likeness (QED) is 0.704.